The van der Waals surface area contributed by atoms with Gasteiger partial charge in [-0.15, -0.1) is 24.0 Å². The van der Waals surface area contributed by atoms with E-state index in [1.807, 2.05) is 0 Å². The molecule has 0 saturated carbocycles. The van der Waals surface area contributed by atoms with E-state index in [2.05, 4.69) is 17.2 Å². The van der Waals surface area contributed by atoms with Gasteiger partial charge in [0.25, 0.3) is 0 Å². The molecule has 0 heterocycles. The van der Waals surface area contributed by atoms with Crippen LogP contribution in [-0.4, -0.2) is 24.7 Å². The van der Waals surface area contributed by atoms with Gasteiger partial charge in [-0.1, -0.05) is 13.3 Å². The molecule has 0 bridgehead atoms. The summed E-state index contributed by atoms with van der Waals surface area (Å²) in [6.45, 7) is 3.26. The zero-order valence-electron chi connectivity index (χ0n) is 11.3. The number of rotatable bonds is 6. The Morgan fingerprint density at radius 1 is 1.47 bits per heavy atom. The van der Waals surface area contributed by atoms with Crippen molar-refractivity contribution >= 4 is 29.9 Å². The molecule has 19 heavy (non-hydrogen) atoms. The number of nitrogens with one attached hydrogen (secondary N) is 1. The first-order valence-corrected chi connectivity index (χ1v) is 6.07. The Morgan fingerprint density at radius 2 is 2.21 bits per heavy atom. The van der Waals surface area contributed by atoms with Crippen molar-refractivity contribution in [3.8, 4) is 11.5 Å². The van der Waals surface area contributed by atoms with Crippen molar-refractivity contribution in [1.82, 2.24) is 5.32 Å². The maximum Gasteiger partial charge on any atom is 0.188 e. The minimum atomic E-state index is 0. The predicted octanol–water partition coefficient (Wildman–Crippen LogP) is 2.22. The quantitative estimate of drug-likeness (QED) is 0.307. The molecule has 0 aromatic heterocycles. The van der Waals surface area contributed by atoms with E-state index in [-0.39, 0.29) is 29.7 Å². The van der Waals surface area contributed by atoms with E-state index in [1.165, 1.54) is 0 Å². The average molecular weight is 379 g/mol. The van der Waals surface area contributed by atoms with Gasteiger partial charge in [0.05, 0.1) is 13.7 Å². The second-order valence-electron chi connectivity index (χ2n) is 3.98. The number of phenols is 1. The van der Waals surface area contributed by atoms with Crippen molar-refractivity contribution in [1.29, 1.82) is 0 Å². The van der Waals surface area contributed by atoms with Gasteiger partial charge in [-0.2, -0.15) is 0 Å². The molecule has 0 spiro atoms. The first-order valence-electron chi connectivity index (χ1n) is 6.07. The molecule has 4 N–H and O–H groups in total. The monoisotopic (exact) mass is 379 g/mol. The summed E-state index contributed by atoms with van der Waals surface area (Å²) in [6.07, 6.45) is 2.16. The molecule has 0 aliphatic rings. The average Bonchev–Trinajstić information content (AvgIpc) is 2.38. The molecule has 0 unspecified atom stereocenters. The van der Waals surface area contributed by atoms with Crippen LogP contribution >= 0.6 is 24.0 Å². The highest BCUT2D eigenvalue weighted by Gasteiger charge is 2.02. The molecule has 6 heteroatoms. The van der Waals surface area contributed by atoms with Gasteiger partial charge in [0.1, 0.15) is 11.5 Å². The molecule has 0 aliphatic heterocycles. The van der Waals surface area contributed by atoms with Gasteiger partial charge in [0.15, 0.2) is 5.96 Å². The third kappa shape index (κ3) is 6.51. The summed E-state index contributed by atoms with van der Waals surface area (Å²) in [4.78, 5) is 4.17. The number of halogens is 1. The molecule has 0 aliphatic carbocycles. The number of nitrogens with two attached hydrogens (primary N) is 1. The molecule has 1 rings (SSSR count). The number of benzene rings is 1. The number of aromatic hydroxyl groups is 1. The van der Waals surface area contributed by atoms with Crippen molar-refractivity contribution in [3.05, 3.63) is 23.8 Å². The maximum absolute atomic E-state index is 9.67. The molecule has 1 aromatic carbocycles. The topological polar surface area (TPSA) is 79.9 Å². The second-order valence-corrected chi connectivity index (χ2v) is 3.98. The Morgan fingerprint density at radius 3 is 2.84 bits per heavy atom. The van der Waals surface area contributed by atoms with Crippen LogP contribution in [0.3, 0.4) is 0 Å². The smallest absolute Gasteiger partial charge is 0.188 e. The van der Waals surface area contributed by atoms with Crippen LogP contribution in [0.15, 0.2) is 23.2 Å². The number of methoxy groups -OCH3 is 1. The molecule has 1 aromatic rings. The number of hydrogen-bond donors (Lipinski definition) is 3. The fourth-order valence-electron chi connectivity index (χ4n) is 1.43. The van der Waals surface area contributed by atoms with Crippen LogP contribution in [0.1, 0.15) is 25.3 Å². The molecule has 0 fully saturated rings. The zero-order chi connectivity index (χ0) is 13.4. The summed E-state index contributed by atoms with van der Waals surface area (Å²) < 4.78 is 5.09. The van der Waals surface area contributed by atoms with Crippen LogP contribution < -0.4 is 15.8 Å². The number of nitrogens with zero attached hydrogens (tertiary/aromatic N) is 1. The SMILES string of the molecule is CCCCNC(N)=NCc1cc(OC)ccc1O.I. The van der Waals surface area contributed by atoms with Gasteiger partial charge in [0, 0.05) is 12.1 Å². The third-order valence-corrected chi connectivity index (χ3v) is 2.54. The molecule has 5 nitrogen and oxygen atoms in total. The van der Waals surface area contributed by atoms with Crippen molar-refractivity contribution in [2.45, 2.75) is 26.3 Å². The standard InChI is InChI=1S/C13H21N3O2.HI/c1-3-4-7-15-13(14)16-9-10-8-11(18-2)5-6-12(10)17;/h5-6,8,17H,3-4,7,9H2,1-2H3,(H3,14,15,16);1H. The van der Waals surface area contributed by atoms with Crippen LogP contribution in [0.5, 0.6) is 11.5 Å². The highest BCUT2D eigenvalue weighted by molar-refractivity contribution is 14.0. The summed E-state index contributed by atoms with van der Waals surface area (Å²) in [6, 6.07) is 5.04. The molecular formula is C13H22IN3O2. The number of phenolic OH excluding ortho intramolecular Hbond substituents is 1. The van der Waals surface area contributed by atoms with Crippen LogP contribution in [0.2, 0.25) is 0 Å². The summed E-state index contributed by atoms with van der Waals surface area (Å²) in [5.74, 6) is 1.28. The number of ether oxygens (including phenoxy) is 1. The van der Waals surface area contributed by atoms with E-state index in [9.17, 15) is 5.11 Å². The van der Waals surface area contributed by atoms with E-state index in [0.717, 1.165) is 19.4 Å². The third-order valence-electron chi connectivity index (χ3n) is 2.54. The predicted molar refractivity (Wildman–Crippen MR) is 88.3 cm³/mol. The number of guanidine groups is 1. The molecule has 0 amide bonds. The number of hydrogen-bond acceptors (Lipinski definition) is 3. The van der Waals surface area contributed by atoms with E-state index < -0.39 is 0 Å². The van der Waals surface area contributed by atoms with Crippen LogP contribution in [-0.2, 0) is 6.54 Å². The van der Waals surface area contributed by atoms with Crippen molar-refractivity contribution < 1.29 is 9.84 Å². The minimum absolute atomic E-state index is 0. The lowest BCUT2D eigenvalue weighted by Gasteiger charge is -2.07. The Bertz CT molecular complexity index is 411. The lowest BCUT2D eigenvalue weighted by atomic mass is 10.2. The second kappa shape index (κ2) is 9.71. The molecular weight excluding hydrogens is 357 g/mol. The van der Waals surface area contributed by atoms with Gasteiger partial charge in [-0.3, -0.25) is 0 Å². The summed E-state index contributed by atoms with van der Waals surface area (Å²) in [5.41, 5.74) is 6.40. The van der Waals surface area contributed by atoms with Crippen LogP contribution in [0, 0.1) is 0 Å². The number of aliphatic imine (C=N–C) groups is 1. The van der Waals surface area contributed by atoms with Crippen molar-refractivity contribution in [3.63, 3.8) is 0 Å². The lowest BCUT2D eigenvalue weighted by molar-refractivity contribution is 0.411. The largest absolute Gasteiger partial charge is 0.508 e. The minimum Gasteiger partial charge on any atom is -0.508 e. The van der Waals surface area contributed by atoms with Gasteiger partial charge in [0.2, 0.25) is 0 Å². The molecule has 0 saturated heterocycles. The number of unbranched alkanes of at least 4 members (excludes halogenated alkanes) is 1. The summed E-state index contributed by atoms with van der Waals surface area (Å²) >= 11 is 0. The van der Waals surface area contributed by atoms with Crippen LogP contribution in [0.25, 0.3) is 0 Å². The first-order chi connectivity index (χ1) is 8.67. The van der Waals surface area contributed by atoms with E-state index >= 15 is 0 Å². The molecule has 0 radical (unpaired) electrons. The fourth-order valence-corrected chi connectivity index (χ4v) is 1.43. The van der Waals surface area contributed by atoms with Gasteiger partial charge < -0.3 is 20.9 Å². The lowest BCUT2D eigenvalue weighted by Crippen LogP contribution is -2.32. The van der Waals surface area contributed by atoms with E-state index in [0.29, 0.717) is 23.8 Å². The van der Waals surface area contributed by atoms with Crippen LogP contribution in [0.4, 0.5) is 0 Å². The van der Waals surface area contributed by atoms with E-state index in [4.69, 9.17) is 10.5 Å². The van der Waals surface area contributed by atoms with Crippen molar-refractivity contribution in [2.75, 3.05) is 13.7 Å². The van der Waals surface area contributed by atoms with Crippen molar-refractivity contribution in [2.24, 2.45) is 10.7 Å². The Balaban J connectivity index is 0.00000324. The summed E-state index contributed by atoms with van der Waals surface area (Å²) in [7, 11) is 1.58. The van der Waals surface area contributed by atoms with Gasteiger partial charge in [-0.05, 0) is 24.6 Å². The highest BCUT2D eigenvalue weighted by atomic mass is 127. The zero-order valence-corrected chi connectivity index (χ0v) is 13.7. The Hall–Kier alpha value is -1.18. The highest BCUT2D eigenvalue weighted by Crippen LogP contribution is 2.23. The Labute approximate surface area is 131 Å². The first kappa shape index (κ1) is 17.8. The van der Waals surface area contributed by atoms with Gasteiger partial charge >= 0.3 is 0 Å². The summed E-state index contributed by atoms with van der Waals surface area (Å²) in [5, 5.41) is 12.7. The normalized spacial score (nSPS) is 10.7. The maximum atomic E-state index is 9.67. The fraction of sp³-hybridized carbons (Fsp3) is 0.462. The Kier molecular flexibility index (Phi) is 9.11. The van der Waals surface area contributed by atoms with E-state index in [1.54, 1.807) is 25.3 Å². The molecule has 108 valence electrons. The van der Waals surface area contributed by atoms with Gasteiger partial charge in [-0.25, -0.2) is 4.99 Å². The molecule has 0 atom stereocenters.